The third-order valence-corrected chi connectivity index (χ3v) is 5.92. The minimum absolute atomic E-state index is 0.220. The van der Waals surface area contributed by atoms with Crippen LogP contribution in [0.25, 0.3) is 0 Å². The molecule has 0 radical (unpaired) electrons. The minimum Gasteiger partial charge on any atom is -0.279 e. The van der Waals surface area contributed by atoms with Gasteiger partial charge in [-0.3, -0.25) is 9.40 Å². The number of sulfonamides is 1. The Labute approximate surface area is 145 Å². The zero-order valence-electron chi connectivity index (χ0n) is 15.5. The lowest BCUT2D eigenvalue weighted by atomic mass is 9.93. The van der Waals surface area contributed by atoms with Crippen LogP contribution in [0.15, 0.2) is 23.1 Å². The van der Waals surface area contributed by atoms with Crippen LogP contribution < -0.4 is 4.72 Å². The van der Waals surface area contributed by atoms with Gasteiger partial charge < -0.3 is 0 Å². The largest absolute Gasteiger partial charge is 0.279 e. The molecule has 2 rings (SSSR count). The number of aryl methyl sites for hydroxylation is 2. The van der Waals surface area contributed by atoms with Crippen LogP contribution in [0.1, 0.15) is 62.0 Å². The molecule has 0 spiro atoms. The fourth-order valence-electron chi connectivity index (χ4n) is 3.00. The molecule has 0 fully saturated rings. The van der Waals surface area contributed by atoms with Crippen molar-refractivity contribution in [3.63, 3.8) is 0 Å². The molecule has 0 saturated heterocycles. The molecular weight excluding hydrogens is 322 g/mol. The van der Waals surface area contributed by atoms with Gasteiger partial charge in [-0.15, -0.1) is 0 Å². The van der Waals surface area contributed by atoms with Crippen LogP contribution in [0.3, 0.4) is 0 Å². The van der Waals surface area contributed by atoms with Crippen LogP contribution in [-0.2, 0) is 17.1 Å². The lowest BCUT2D eigenvalue weighted by Gasteiger charge is -2.21. The number of nitrogens with zero attached hydrogens (tertiary/aromatic N) is 2. The van der Waals surface area contributed by atoms with E-state index in [1.807, 2.05) is 18.2 Å². The summed E-state index contributed by atoms with van der Waals surface area (Å²) in [5.74, 6) is 0.440. The zero-order chi connectivity index (χ0) is 18.2. The van der Waals surface area contributed by atoms with Gasteiger partial charge in [0.1, 0.15) is 4.90 Å². The first-order chi connectivity index (χ1) is 11.1. The summed E-state index contributed by atoms with van der Waals surface area (Å²) in [4.78, 5) is 0.262. The van der Waals surface area contributed by atoms with Gasteiger partial charge in [-0.25, -0.2) is 8.42 Å². The van der Waals surface area contributed by atoms with Crippen molar-refractivity contribution in [3.8, 4) is 0 Å². The number of anilines is 1. The van der Waals surface area contributed by atoms with Gasteiger partial charge >= 0.3 is 0 Å². The normalized spacial score (nSPS) is 12.2. The lowest BCUT2D eigenvalue weighted by molar-refractivity contribution is 0.599. The molecule has 2 aromatic rings. The molecule has 6 heteroatoms. The van der Waals surface area contributed by atoms with Crippen molar-refractivity contribution in [1.29, 1.82) is 0 Å². The van der Waals surface area contributed by atoms with Crippen LogP contribution >= 0.6 is 0 Å². The second kappa shape index (κ2) is 6.59. The fraction of sp³-hybridized carbons (Fsp3) is 0.500. The molecule has 1 aromatic carbocycles. The Hall–Kier alpha value is -1.82. The molecule has 0 unspecified atom stereocenters. The van der Waals surface area contributed by atoms with Crippen molar-refractivity contribution in [2.24, 2.45) is 7.05 Å². The summed E-state index contributed by atoms with van der Waals surface area (Å²) in [5, 5.41) is 4.23. The maximum absolute atomic E-state index is 13.0. The summed E-state index contributed by atoms with van der Waals surface area (Å²) in [5.41, 5.74) is 3.85. The van der Waals surface area contributed by atoms with Gasteiger partial charge in [0.25, 0.3) is 10.0 Å². The van der Waals surface area contributed by atoms with Crippen molar-refractivity contribution in [2.45, 2.75) is 58.3 Å². The molecule has 0 saturated carbocycles. The number of hydrogen-bond donors (Lipinski definition) is 1. The van der Waals surface area contributed by atoms with E-state index in [4.69, 9.17) is 0 Å². The third-order valence-electron chi connectivity index (χ3n) is 4.32. The number of benzene rings is 1. The quantitative estimate of drug-likeness (QED) is 0.884. The second-order valence-corrected chi connectivity index (χ2v) is 8.47. The van der Waals surface area contributed by atoms with Gasteiger partial charge in [0.15, 0.2) is 0 Å². The Morgan fingerprint density at radius 3 is 1.92 bits per heavy atom. The first-order valence-electron chi connectivity index (χ1n) is 8.22. The van der Waals surface area contributed by atoms with Crippen molar-refractivity contribution in [3.05, 3.63) is 40.7 Å². The Bertz CT molecular complexity index is 823. The topological polar surface area (TPSA) is 64.0 Å². The number of para-hydroxylation sites is 1. The summed E-state index contributed by atoms with van der Waals surface area (Å²) in [6.45, 7) is 11.8. The number of rotatable bonds is 5. The molecule has 0 atom stereocenters. The van der Waals surface area contributed by atoms with E-state index < -0.39 is 10.0 Å². The van der Waals surface area contributed by atoms with Gasteiger partial charge in [0.05, 0.1) is 17.1 Å². The predicted molar refractivity (Wildman–Crippen MR) is 98.1 cm³/mol. The molecule has 1 heterocycles. The van der Waals surface area contributed by atoms with Gasteiger partial charge in [-0.1, -0.05) is 45.9 Å². The van der Waals surface area contributed by atoms with Crippen LogP contribution in [0.2, 0.25) is 0 Å². The molecular formula is C18H27N3O2S. The van der Waals surface area contributed by atoms with E-state index in [0.29, 0.717) is 17.1 Å². The highest BCUT2D eigenvalue weighted by atomic mass is 32.2. The summed E-state index contributed by atoms with van der Waals surface area (Å²) < 4.78 is 30.5. The molecule has 1 aromatic heterocycles. The highest BCUT2D eigenvalue weighted by molar-refractivity contribution is 7.92. The minimum atomic E-state index is -3.70. The highest BCUT2D eigenvalue weighted by Gasteiger charge is 2.26. The van der Waals surface area contributed by atoms with E-state index in [1.54, 1.807) is 25.6 Å². The smallest absolute Gasteiger partial charge is 0.265 e. The first-order valence-corrected chi connectivity index (χ1v) is 9.70. The van der Waals surface area contributed by atoms with E-state index in [-0.39, 0.29) is 16.7 Å². The van der Waals surface area contributed by atoms with Crippen molar-refractivity contribution < 1.29 is 8.42 Å². The Kier molecular flexibility index (Phi) is 5.08. The maximum atomic E-state index is 13.0. The van der Waals surface area contributed by atoms with E-state index in [2.05, 4.69) is 37.5 Å². The number of hydrogen-bond acceptors (Lipinski definition) is 3. The van der Waals surface area contributed by atoms with E-state index in [0.717, 1.165) is 11.1 Å². The lowest BCUT2D eigenvalue weighted by Crippen LogP contribution is -2.18. The van der Waals surface area contributed by atoms with E-state index in [1.165, 1.54) is 0 Å². The number of nitrogens with one attached hydrogen (secondary N) is 1. The summed E-state index contributed by atoms with van der Waals surface area (Å²) in [7, 11) is -1.95. The summed E-state index contributed by atoms with van der Waals surface area (Å²) in [6.07, 6.45) is 0. The standard InChI is InChI=1S/C18H27N3O2S/c1-11(2)15-9-8-10-16(12(3)4)17(15)20-24(22,23)18-13(5)19-21(7)14(18)6/h8-12,20H,1-7H3. The van der Waals surface area contributed by atoms with Crippen molar-refractivity contribution >= 4 is 15.7 Å². The molecule has 0 aliphatic rings. The van der Waals surface area contributed by atoms with E-state index >= 15 is 0 Å². The fourth-order valence-corrected chi connectivity index (χ4v) is 4.55. The second-order valence-electron chi connectivity index (χ2n) is 6.85. The van der Waals surface area contributed by atoms with Gasteiger partial charge in [-0.05, 0) is 36.8 Å². The summed E-state index contributed by atoms with van der Waals surface area (Å²) in [6, 6.07) is 5.96. The van der Waals surface area contributed by atoms with Crippen LogP contribution in [0.5, 0.6) is 0 Å². The van der Waals surface area contributed by atoms with E-state index in [9.17, 15) is 8.42 Å². The third kappa shape index (κ3) is 3.34. The molecule has 24 heavy (non-hydrogen) atoms. The Morgan fingerprint density at radius 1 is 1.04 bits per heavy atom. The molecule has 0 aliphatic heterocycles. The maximum Gasteiger partial charge on any atom is 0.265 e. The highest BCUT2D eigenvalue weighted by Crippen LogP contribution is 2.34. The monoisotopic (exact) mass is 349 g/mol. The van der Waals surface area contributed by atoms with Crippen LogP contribution in [0, 0.1) is 13.8 Å². The van der Waals surface area contributed by atoms with Gasteiger partial charge in [0, 0.05) is 7.05 Å². The SMILES string of the molecule is Cc1nn(C)c(C)c1S(=O)(=O)Nc1c(C(C)C)cccc1C(C)C. The van der Waals surface area contributed by atoms with Gasteiger partial charge in [-0.2, -0.15) is 5.10 Å². The van der Waals surface area contributed by atoms with Crippen LogP contribution in [-0.4, -0.2) is 18.2 Å². The zero-order valence-corrected chi connectivity index (χ0v) is 16.3. The molecule has 0 bridgehead atoms. The molecule has 0 aliphatic carbocycles. The Balaban J connectivity index is 2.62. The van der Waals surface area contributed by atoms with Gasteiger partial charge in [0.2, 0.25) is 0 Å². The molecule has 1 N–H and O–H groups in total. The van der Waals surface area contributed by atoms with Crippen molar-refractivity contribution in [1.82, 2.24) is 9.78 Å². The molecule has 132 valence electrons. The first kappa shape index (κ1) is 18.5. The number of aromatic nitrogens is 2. The summed E-state index contributed by atoms with van der Waals surface area (Å²) >= 11 is 0. The van der Waals surface area contributed by atoms with Crippen LogP contribution in [0.4, 0.5) is 5.69 Å². The van der Waals surface area contributed by atoms with Crippen molar-refractivity contribution in [2.75, 3.05) is 4.72 Å². The molecule has 5 nitrogen and oxygen atoms in total. The average Bonchev–Trinajstić information content (AvgIpc) is 2.71. The average molecular weight is 350 g/mol. The molecule has 0 amide bonds. The predicted octanol–water partition coefficient (Wildman–Crippen LogP) is 4.08. The Morgan fingerprint density at radius 2 is 1.54 bits per heavy atom.